The van der Waals surface area contributed by atoms with Crippen LogP contribution in [0.15, 0.2) is 54.6 Å². The SMILES string of the molecule is O=C(NCc1ccc(F)cc1)C1CC1C(=O)Nc1ccccc1. The predicted molar refractivity (Wildman–Crippen MR) is 84.9 cm³/mol. The topological polar surface area (TPSA) is 58.2 Å². The van der Waals surface area contributed by atoms with Gasteiger partial charge in [0.25, 0.3) is 0 Å². The third-order valence-corrected chi connectivity index (χ3v) is 3.89. The van der Waals surface area contributed by atoms with Crippen molar-refractivity contribution in [3.8, 4) is 0 Å². The van der Waals surface area contributed by atoms with Gasteiger partial charge in [-0.05, 0) is 36.2 Å². The maximum absolute atomic E-state index is 12.8. The smallest absolute Gasteiger partial charge is 0.228 e. The fraction of sp³-hybridized carbons (Fsp3) is 0.222. The average Bonchev–Trinajstić information content (AvgIpc) is 3.36. The van der Waals surface area contributed by atoms with E-state index in [9.17, 15) is 14.0 Å². The molecular formula is C18H17FN2O2. The lowest BCUT2D eigenvalue weighted by Gasteiger charge is -2.06. The molecule has 1 fully saturated rings. The van der Waals surface area contributed by atoms with Gasteiger partial charge in [-0.1, -0.05) is 30.3 Å². The van der Waals surface area contributed by atoms with Crippen LogP contribution in [-0.4, -0.2) is 11.8 Å². The minimum atomic E-state index is -0.306. The molecule has 0 bridgehead atoms. The summed E-state index contributed by atoms with van der Waals surface area (Å²) in [4.78, 5) is 24.1. The average molecular weight is 312 g/mol. The lowest BCUT2D eigenvalue weighted by molar-refractivity contribution is -0.125. The second-order valence-corrected chi connectivity index (χ2v) is 5.65. The molecule has 0 radical (unpaired) electrons. The van der Waals surface area contributed by atoms with Crippen LogP contribution in [0.4, 0.5) is 10.1 Å². The van der Waals surface area contributed by atoms with Crippen LogP contribution in [0, 0.1) is 17.7 Å². The highest BCUT2D eigenvalue weighted by molar-refractivity contribution is 5.99. The molecule has 2 atom stereocenters. The molecule has 0 aliphatic heterocycles. The predicted octanol–water partition coefficient (Wildman–Crippen LogP) is 2.72. The monoisotopic (exact) mass is 312 g/mol. The Hall–Kier alpha value is -2.69. The molecule has 1 aliphatic rings. The first-order valence-electron chi connectivity index (χ1n) is 7.51. The maximum atomic E-state index is 12.8. The zero-order chi connectivity index (χ0) is 16.2. The van der Waals surface area contributed by atoms with E-state index in [0.29, 0.717) is 13.0 Å². The van der Waals surface area contributed by atoms with E-state index in [4.69, 9.17) is 0 Å². The molecule has 1 aliphatic carbocycles. The van der Waals surface area contributed by atoms with E-state index in [2.05, 4.69) is 10.6 Å². The highest BCUT2D eigenvalue weighted by Gasteiger charge is 2.47. The number of hydrogen-bond donors (Lipinski definition) is 2. The second-order valence-electron chi connectivity index (χ2n) is 5.65. The minimum Gasteiger partial charge on any atom is -0.352 e. The molecule has 3 rings (SSSR count). The van der Waals surface area contributed by atoms with E-state index >= 15 is 0 Å². The molecule has 2 aromatic rings. The summed E-state index contributed by atoms with van der Waals surface area (Å²) in [5.41, 5.74) is 1.56. The molecule has 2 unspecified atom stereocenters. The summed E-state index contributed by atoms with van der Waals surface area (Å²) in [7, 11) is 0. The molecule has 2 N–H and O–H groups in total. The van der Waals surface area contributed by atoms with Crippen molar-refractivity contribution in [2.45, 2.75) is 13.0 Å². The Kier molecular flexibility index (Phi) is 4.37. The normalized spacial score (nSPS) is 19.0. The summed E-state index contributed by atoms with van der Waals surface area (Å²) in [5, 5.41) is 5.60. The van der Waals surface area contributed by atoms with Crippen LogP contribution in [0.3, 0.4) is 0 Å². The minimum absolute atomic E-state index is 0.127. The van der Waals surface area contributed by atoms with Gasteiger partial charge in [-0.2, -0.15) is 0 Å². The second kappa shape index (κ2) is 6.60. The Morgan fingerprint density at radius 1 is 0.957 bits per heavy atom. The van der Waals surface area contributed by atoms with Crippen molar-refractivity contribution < 1.29 is 14.0 Å². The summed E-state index contributed by atoms with van der Waals surface area (Å²) in [6.45, 7) is 0.336. The fourth-order valence-electron chi connectivity index (χ4n) is 2.45. The van der Waals surface area contributed by atoms with E-state index in [-0.39, 0.29) is 29.5 Å². The van der Waals surface area contributed by atoms with Crippen LogP contribution in [0.5, 0.6) is 0 Å². The molecule has 0 saturated heterocycles. The standard InChI is InChI=1S/C18H17FN2O2/c19-13-8-6-12(7-9-13)11-20-17(22)15-10-16(15)18(23)21-14-4-2-1-3-5-14/h1-9,15-16H,10-11H2,(H,20,22)(H,21,23). The quantitative estimate of drug-likeness (QED) is 0.892. The van der Waals surface area contributed by atoms with Gasteiger partial charge < -0.3 is 10.6 Å². The van der Waals surface area contributed by atoms with Gasteiger partial charge >= 0.3 is 0 Å². The molecule has 0 aromatic heterocycles. The number of rotatable bonds is 5. The fourth-order valence-corrected chi connectivity index (χ4v) is 2.45. The third kappa shape index (κ3) is 3.94. The summed E-state index contributed by atoms with van der Waals surface area (Å²) >= 11 is 0. The molecule has 0 heterocycles. The van der Waals surface area contributed by atoms with Gasteiger partial charge in [-0.25, -0.2) is 4.39 Å². The first-order valence-corrected chi connectivity index (χ1v) is 7.51. The number of anilines is 1. The van der Waals surface area contributed by atoms with Gasteiger partial charge in [0.05, 0.1) is 11.8 Å². The van der Waals surface area contributed by atoms with Gasteiger partial charge in [-0.3, -0.25) is 9.59 Å². The lowest BCUT2D eigenvalue weighted by Crippen LogP contribution is -2.27. The van der Waals surface area contributed by atoms with Crippen molar-refractivity contribution in [3.63, 3.8) is 0 Å². The first-order chi connectivity index (χ1) is 11.1. The molecule has 23 heavy (non-hydrogen) atoms. The number of nitrogens with one attached hydrogen (secondary N) is 2. The van der Waals surface area contributed by atoms with Gasteiger partial charge in [-0.15, -0.1) is 0 Å². The maximum Gasteiger partial charge on any atom is 0.228 e. The zero-order valence-corrected chi connectivity index (χ0v) is 12.5. The molecule has 0 spiro atoms. The third-order valence-electron chi connectivity index (χ3n) is 3.89. The molecule has 4 nitrogen and oxygen atoms in total. The van der Waals surface area contributed by atoms with Crippen LogP contribution in [0.2, 0.25) is 0 Å². The van der Waals surface area contributed by atoms with E-state index in [0.717, 1.165) is 11.3 Å². The molecule has 2 aromatic carbocycles. The molecule has 2 amide bonds. The van der Waals surface area contributed by atoms with Crippen molar-refractivity contribution in [3.05, 3.63) is 66.0 Å². The van der Waals surface area contributed by atoms with E-state index < -0.39 is 0 Å². The molecule has 118 valence electrons. The van der Waals surface area contributed by atoms with Crippen LogP contribution in [0.25, 0.3) is 0 Å². The summed E-state index contributed by atoms with van der Waals surface area (Å²) < 4.78 is 12.8. The van der Waals surface area contributed by atoms with E-state index in [1.54, 1.807) is 12.1 Å². The number of carbonyl (C=O) groups excluding carboxylic acids is 2. The van der Waals surface area contributed by atoms with Crippen LogP contribution >= 0.6 is 0 Å². The summed E-state index contributed by atoms with van der Waals surface area (Å²) in [5.74, 6) is -1.12. The number of benzene rings is 2. The summed E-state index contributed by atoms with van der Waals surface area (Å²) in [6.07, 6.45) is 0.563. The molecule has 1 saturated carbocycles. The van der Waals surface area contributed by atoms with E-state index in [1.807, 2.05) is 30.3 Å². The Bertz CT molecular complexity index is 701. The number of amides is 2. The van der Waals surface area contributed by atoms with Gasteiger partial charge in [0.1, 0.15) is 5.82 Å². The number of para-hydroxylation sites is 1. The van der Waals surface area contributed by atoms with Crippen molar-refractivity contribution in [1.82, 2.24) is 5.32 Å². The van der Waals surface area contributed by atoms with Gasteiger partial charge in [0.15, 0.2) is 0 Å². The van der Waals surface area contributed by atoms with Gasteiger partial charge in [0.2, 0.25) is 11.8 Å². The number of hydrogen-bond acceptors (Lipinski definition) is 2. The lowest BCUT2D eigenvalue weighted by atomic mass is 10.2. The number of halogens is 1. The van der Waals surface area contributed by atoms with Gasteiger partial charge in [0, 0.05) is 12.2 Å². The zero-order valence-electron chi connectivity index (χ0n) is 12.5. The Morgan fingerprint density at radius 3 is 2.30 bits per heavy atom. The van der Waals surface area contributed by atoms with Crippen LogP contribution in [-0.2, 0) is 16.1 Å². The van der Waals surface area contributed by atoms with Crippen molar-refractivity contribution in [2.24, 2.45) is 11.8 Å². The molecular weight excluding hydrogens is 295 g/mol. The summed E-state index contributed by atoms with van der Waals surface area (Å²) in [6, 6.07) is 15.1. The van der Waals surface area contributed by atoms with Crippen LogP contribution in [0.1, 0.15) is 12.0 Å². The highest BCUT2D eigenvalue weighted by atomic mass is 19.1. The Labute approximate surface area is 133 Å². The Balaban J connectivity index is 1.47. The van der Waals surface area contributed by atoms with Crippen molar-refractivity contribution >= 4 is 17.5 Å². The largest absolute Gasteiger partial charge is 0.352 e. The highest BCUT2D eigenvalue weighted by Crippen LogP contribution is 2.39. The van der Waals surface area contributed by atoms with Crippen molar-refractivity contribution in [1.29, 1.82) is 0 Å². The Morgan fingerprint density at radius 2 is 1.61 bits per heavy atom. The first kappa shape index (κ1) is 15.2. The molecule has 5 heteroatoms. The van der Waals surface area contributed by atoms with Crippen molar-refractivity contribution in [2.75, 3.05) is 5.32 Å². The van der Waals surface area contributed by atoms with Crippen LogP contribution < -0.4 is 10.6 Å². The number of carbonyl (C=O) groups is 2. The van der Waals surface area contributed by atoms with E-state index in [1.165, 1.54) is 12.1 Å².